The van der Waals surface area contributed by atoms with E-state index in [9.17, 15) is 25.3 Å². The first kappa shape index (κ1) is 17.0. The van der Waals surface area contributed by atoms with E-state index in [0.717, 1.165) is 25.3 Å². The summed E-state index contributed by atoms with van der Waals surface area (Å²) in [7, 11) is 0. The third-order valence-corrected chi connectivity index (χ3v) is 4.03. The molecular weight excluding hydrogens is 366 g/mol. The number of piperidine rings is 1. The highest BCUT2D eigenvalue weighted by Crippen LogP contribution is 2.34. The van der Waals surface area contributed by atoms with Gasteiger partial charge in [-0.2, -0.15) is 5.26 Å². The molecule has 7 nitrogen and oxygen atoms in total. The van der Waals surface area contributed by atoms with Crippen LogP contribution in [0, 0.1) is 21.4 Å². The molecule has 1 N–H and O–H groups in total. The largest absolute Gasteiger partial charge is 0.502 e. The van der Waals surface area contributed by atoms with Crippen molar-refractivity contribution in [1.29, 1.82) is 5.26 Å². The number of nitro groups is 1. The first-order valence-corrected chi connectivity index (χ1v) is 7.81. The zero-order chi connectivity index (χ0) is 17.0. The Morgan fingerprint density at radius 1 is 1.39 bits per heavy atom. The topological polar surface area (TPSA) is 107 Å². The quantitative estimate of drug-likeness (QED) is 0.375. The minimum atomic E-state index is -0.726. The van der Waals surface area contributed by atoms with E-state index in [-0.39, 0.29) is 11.1 Å². The molecule has 0 saturated carbocycles. The fourth-order valence-electron chi connectivity index (χ4n) is 2.42. The standard InChI is InChI=1S/C15H14BrN3O4/c16-12-7-10(14(20)13(8-12)19(22)23)6-11(9-17)15(21)18-4-2-1-3-5-18/h6-8,20H,1-5H2. The van der Waals surface area contributed by atoms with Gasteiger partial charge in [-0.1, -0.05) is 15.9 Å². The van der Waals surface area contributed by atoms with E-state index in [4.69, 9.17) is 0 Å². The van der Waals surface area contributed by atoms with Crippen molar-refractivity contribution in [2.75, 3.05) is 13.1 Å². The lowest BCUT2D eigenvalue weighted by molar-refractivity contribution is -0.385. The number of amides is 1. The Labute approximate surface area is 141 Å². The summed E-state index contributed by atoms with van der Waals surface area (Å²) in [5.41, 5.74) is -0.601. The van der Waals surface area contributed by atoms with Crippen molar-refractivity contribution in [2.45, 2.75) is 19.3 Å². The summed E-state index contributed by atoms with van der Waals surface area (Å²) >= 11 is 3.12. The Morgan fingerprint density at radius 2 is 2.04 bits per heavy atom. The molecule has 1 heterocycles. The predicted molar refractivity (Wildman–Crippen MR) is 86.5 cm³/mol. The van der Waals surface area contributed by atoms with Crippen molar-refractivity contribution in [1.82, 2.24) is 4.90 Å². The number of likely N-dealkylation sites (tertiary alicyclic amines) is 1. The van der Waals surface area contributed by atoms with Crippen LogP contribution < -0.4 is 0 Å². The number of nitrogens with zero attached hydrogens (tertiary/aromatic N) is 3. The SMILES string of the molecule is N#CC(=Cc1cc(Br)cc([N+](=O)[O-])c1O)C(=O)N1CCCCC1. The molecule has 1 amide bonds. The Kier molecular flexibility index (Phi) is 5.34. The van der Waals surface area contributed by atoms with Gasteiger partial charge in [-0.05, 0) is 31.4 Å². The number of rotatable bonds is 3. The summed E-state index contributed by atoms with van der Waals surface area (Å²) in [6.45, 7) is 1.17. The van der Waals surface area contributed by atoms with Gasteiger partial charge < -0.3 is 10.0 Å². The number of hydrogen-bond acceptors (Lipinski definition) is 5. The van der Waals surface area contributed by atoms with Crippen LogP contribution >= 0.6 is 15.9 Å². The number of carbonyl (C=O) groups excluding carboxylic acids is 1. The first-order chi connectivity index (χ1) is 10.9. The average Bonchev–Trinajstić information content (AvgIpc) is 2.55. The summed E-state index contributed by atoms with van der Waals surface area (Å²) in [5, 5.41) is 30.1. The molecular formula is C15H14BrN3O4. The smallest absolute Gasteiger partial charge is 0.312 e. The molecule has 8 heteroatoms. The molecule has 23 heavy (non-hydrogen) atoms. The van der Waals surface area contributed by atoms with Crippen molar-refractivity contribution in [2.24, 2.45) is 0 Å². The maximum Gasteiger partial charge on any atom is 0.312 e. The highest BCUT2D eigenvalue weighted by molar-refractivity contribution is 9.10. The third kappa shape index (κ3) is 3.87. The van der Waals surface area contributed by atoms with Crippen LogP contribution in [0.1, 0.15) is 24.8 Å². The van der Waals surface area contributed by atoms with Gasteiger partial charge in [-0.3, -0.25) is 14.9 Å². The van der Waals surface area contributed by atoms with Crippen LogP contribution in [0.15, 0.2) is 22.2 Å². The maximum absolute atomic E-state index is 12.4. The number of nitriles is 1. The van der Waals surface area contributed by atoms with Gasteiger partial charge in [0.1, 0.15) is 11.6 Å². The van der Waals surface area contributed by atoms with E-state index < -0.39 is 22.3 Å². The van der Waals surface area contributed by atoms with Crippen LogP contribution in [0.5, 0.6) is 5.75 Å². The molecule has 1 aliphatic rings. The predicted octanol–water partition coefficient (Wildman–Crippen LogP) is 2.98. The van der Waals surface area contributed by atoms with E-state index in [1.165, 1.54) is 12.1 Å². The number of phenols is 1. The summed E-state index contributed by atoms with van der Waals surface area (Å²) in [4.78, 5) is 24.1. The minimum Gasteiger partial charge on any atom is -0.502 e. The summed E-state index contributed by atoms with van der Waals surface area (Å²) in [6, 6.07) is 4.39. The van der Waals surface area contributed by atoms with E-state index in [1.54, 1.807) is 4.90 Å². The highest BCUT2D eigenvalue weighted by atomic mass is 79.9. The summed E-state index contributed by atoms with van der Waals surface area (Å²) in [6.07, 6.45) is 4.01. The second-order valence-corrected chi connectivity index (χ2v) is 6.06. The Balaban J connectivity index is 2.40. The molecule has 1 fully saturated rings. The molecule has 2 rings (SSSR count). The van der Waals surface area contributed by atoms with Gasteiger partial charge in [0.15, 0.2) is 0 Å². The van der Waals surface area contributed by atoms with Gasteiger partial charge >= 0.3 is 5.69 Å². The zero-order valence-electron chi connectivity index (χ0n) is 12.2. The lowest BCUT2D eigenvalue weighted by Crippen LogP contribution is -2.36. The molecule has 1 aromatic rings. The molecule has 0 atom stereocenters. The molecule has 1 aromatic carbocycles. The molecule has 0 aromatic heterocycles. The van der Waals surface area contributed by atoms with Crippen molar-refractivity contribution >= 4 is 33.6 Å². The van der Waals surface area contributed by atoms with Crippen LogP contribution in [-0.2, 0) is 4.79 Å². The third-order valence-electron chi connectivity index (χ3n) is 3.57. The number of aromatic hydroxyl groups is 1. The van der Waals surface area contributed by atoms with Crippen LogP contribution in [0.2, 0.25) is 0 Å². The van der Waals surface area contributed by atoms with E-state index >= 15 is 0 Å². The Morgan fingerprint density at radius 3 is 2.61 bits per heavy atom. The summed E-state index contributed by atoms with van der Waals surface area (Å²) in [5.74, 6) is -0.994. The average molecular weight is 380 g/mol. The van der Waals surface area contributed by atoms with Gasteiger partial charge in [0.25, 0.3) is 5.91 Å². The zero-order valence-corrected chi connectivity index (χ0v) is 13.7. The Bertz CT molecular complexity index is 718. The van der Waals surface area contributed by atoms with Crippen molar-refractivity contribution in [3.63, 3.8) is 0 Å². The van der Waals surface area contributed by atoms with Crippen molar-refractivity contribution in [3.05, 3.63) is 37.9 Å². The van der Waals surface area contributed by atoms with E-state index in [1.807, 2.05) is 6.07 Å². The van der Waals surface area contributed by atoms with Crippen molar-refractivity contribution in [3.8, 4) is 11.8 Å². The van der Waals surface area contributed by atoms with Crippen LogP contribution in [0.25, 0.3) is 6.08 Å². The number of hydrogen-bond donors (Lipinski definition) is 1. The lowest BCUT2D eigenvalue weighted by Gasteiger charge is -2.26. The van der Waals surface area contributed by atoms with Gasteiger partial charge in [-0.25, -0.2) is 0 Å². The second-order valence-electron chi connectivity index (χ2n) is 5.14. The van der Waals surface area contributed by atoms with Crippen molar-refractivity contribution < 1.29 is 14.8 Å². The van der Waals surface area contributed by atoms with Gasteiger partial charge in [0.05, 0.1) is 4.92 Å². The molecule has 120 valence electrons. The monoisotopic (exact) mass is 379 g/mol. The number of carbonyl (C=O) groups is 1. The van der Waals surface area contributed by atoms with E-state index in [0.29, 0.717) is 17.6 Å². The normalized spacial score (nSPS) is 15.1. The van der Waals surface area contributed by atoms with Gasteiger partial charge in [0.2, 0.25) is 5.75 Å². The molecule has 0 spiro atoms. The fourth-order valence-corrected chi connectivity index (χ4v) is 2.88. The molecule has 1 saturated heterocycles. The maximum atomic E-state index is 12.4. The minimum absolute atomic E-state index is 0.0491. The van der Waals surface area contributed by atoms with Gasteiger partial charge in [0, 0.05) is 29.2 Å². The molecule has 0 unspecified atom stereocenters. The van der Waals surface area contributed by atoms with Crippen LogP contribution in [0.4, 0.5) is 5.69 Å². The first-order valence-electron chi connectivity index (χ1n) is 7.02. The second kappa shape index (κ2) is 7.24. The highest BCUT2D eigenvalue weighted by Gasteiger charge is 2.22. The Hall–Kier alpha value is -2.40. The molecule has 1 aliphatic heterocycles. The van der Waals surface area contributed by atoms with Crippen LogP contribution in [0.3, 0.4) is 0 Å². The molecule has 0 bridgehead atoms. The fraction of sp³-hybridized carbons (Fsp3) is 0.333. The van der Waals surface area contributed by atoms with Crippen LogP contribution in [-0.4, -0.2) is 33.9 Å². The molecule has 0 radical (unpaired) electrons. The van der Waals surface area contributed by atoms with Gasteiger partial charge in [-0.15, -0.1) is 0 Å². The number of halogens is 1. The number of benzene rings is 1. The summed E-state index contributed by atoms with van der Waals surface area (Å²) < 4.78 is 0.371. The van der Waals surface area contributed by atoms with E-state index in [2.05, 4.69) is 15.9 Å². The lowest BCUT2D eigenvalue weighted by atomic mass is 10.1. The number of nitro benzene ring substituents is 1. The number of phenolic OH excluding ortho intramolecular Hbond substituents is 1. The molecule has 0 aliphatic carbocycles.